The van der Waals surface area contributed by atoms with Gasteiger partial charge in [0.05, 0.1) is 23.0 Å². The monoisotopic (exact) mass is 319 g/mol. The quantitative estimate of drug-likeness (QED) is 0.802. The summed E-state index contributed by atoms with van der Waals surface area (Å²) in [6.07, 6.45) is 0. The number of alkyl halides is 1. The Labute approximate surface area is 111 Å². The summed E-state index contributed by atoms with van der Waals surface area (Å²) >= 11 is 8.94. The molecule has 0 fully saturated rings. The minimum Gasteiger partial charge on any atom is -0.497 e. The fourth-order valence-corrected chi connectivity index (χ4v) is 2.21. The van der Waals surface area contributed by atoms with Crippen LogP contribution < -0.4 is 4.74 Å². The van der Waals surface area contributed by atoms with E-state index in [1.807, 2.05) is 0 Å². The van der Waals surface area contributed by atoms with E-state index in [-0.39, 0.29) is 11.4 Å². The van der Waals surface area contributed by atoms with Gasteiger partial charge in [0.2, 0.25) is 0 Å². The highest BCUT2D eigenvalue weighted by Crippen LogP contribution is 2.35. The fourth-order valence-electron chi connectivity index (χ4n) is 1.37. The van der Waals surface area contributed by atoms with Crippen LogP contribution in [-0.2, 0) is 5.88 Å². The molecule has 6 heteroatoms. The summed E-state index contributed by atoms with van der Waals surface area (Å²) < 4.78 is 24.4. The summed E-state index contributed by atoms with van der Waals surface area (Å²) in [4.78, 5) is 0. The van der Waals surface area contributed by atoms with Crippen LogP contribution in [0.3, 0.4) is 0 Å². The summed E-state index contributed by atoms with van der Waals surface area (Å²) in [6, 6.07) is 4.38. The highest BCUT2D eigenvalue weighted by Gasteiger charge is 2.18. The van der Waals surface area contributed by atoms with Crippen molar-refractivity contribution in [1.29, 1.82) is 0 Å². The van der Waals surface area contributed by atoms with Gasteiger partial charge in [0, 0.05) is 0 Å². The van der Waals surface area contributed by atoms with Crippen molar-refractivity contribution in [3.63, 3.8) is 0 Å². The first kappa shape index (κ1) is 12.4. The lowest BCUT2D eigenvalue weighted by Crippen LogP contribution is -1.87. The number of rotatable bonds is 3. The minimum absolute atomic E-state index is 0.190. The summed E-state index contributed by atoms with van der Waals surface area (Å²) in [5.41, 5.74) is 0.809. The van der Waals surface area contributed by atoms with Gasteiger partial charge < -0.3 is 9.26 Å². The van der Waals surface area contributed by atoms with Crippen LogP contribution >= 0.6 is 27.5 Å². The molecule has 0 bridgehead atoms. The van der Waals surface area contributed by atoms with Gasteiger partial charge in [-0.3, -0.25) is 0 Å². The van der Waals surface area contributed by atoms with Crippen LogP contribution in [0, 0.1) is 5.82 Å². The number of aromatic nitrogens is 1. The van der Waals surface area contributed by atoms with Crippen LogP contribution in [0.2, 0.25) is 0 Å². The van der Waals surface area contributed by atoms with Gasteiger partial charge in [0.1, 0.15) is 17.3 Å². The molecule has 0 amide bonds. The van der Waals surface area contributed by atoms with E-state index in [4.69, 9.17) is 20.9 Å². The molecule has 0 N–H and O–H groups in total. The highest BCUT2D eigenvalue weighted by atomic mass is 79.9. The highest BCUT2D eigenvalue weighted by molar-refractivity contribution is 9.10. The third-order valence-electron chi connectivity index (χ3n) is 2.24. The molecule has 2 aromatic rings. The number of benzene rings is 1. The summed E-state index contributed by atoms with van der Waals surface area (Å²) in [5, 5.41) is 3.75. The standard InChI is InChI=1S/C11H8BrClFNO2/c1-16-6-2-3-8(14)7(4-6)11-10(12)9(5-13)15-17-11/h2-4H,5H2,1H3. The van der Waals surface area contributed by atoms with E-state index in [1.165, 1.54) is 19.2 Å². The number of hydrogen-bond donors (Lipinski definition) is 0. The number of ether oxygens (including phenoxy) is 1. The molecule has 2 rings (SSSR count). The van der Waals surface area contributed by atoms with Gasteiger partial charge in [-0.05, 0) is 34.1 Å². The first-order valence-corrected chi connectivity index (χ1v) is 6.04. The van der Waals surface area contributed by atoms with Gasteiger partial charge >= 0.3 is 0 Å². The molecule has 0 radical (unpaired) electrons. The van der Waals surface area contributed by atoms with Crippen molar-refractivity contribution in [2.45, 2.75) is 5.88 Å². The second kappa shape index (κ2) is 5.06. The molecule has 0 unspecified atom stereocenters. The number of nitrogens with zero attached hydrogens (tertiary/aromatic N) is 1. The van der Waals surface area contributed by atoms with E-state index >= 15 is 0 Å². The molecule has 1 aromatic carbocycles. The Balaban J connectivity index is 2.55. The molecule has 3 nitrogen and oxygen atoms in total. The van der Waals surface area contributed by atoms with Gasteiger partial charge in [-0.1, -0.05) is 5.16 Å². The van der Waals surface area contributed by atoms with E-state index in [0.29, 0.717) is 21.7 Å². The molecular weight excluding hydrogens is 312 g/mol. The van der Waals surface area contributed by atoms with Gasteiger partial charge in [-0.15, -0.1) is 11.6 Å². The Morgan fingerprint density at radius 3 is 2.88 bits per heavy atom. The Morgan fingerprint density at radius 1 is 1.53 bits per heavy atom. The normalized spacial score (nSPS) is 10.6. The maximum absolute atomic E-state index is 13.7. The minimum atomic E-state index is -0.413. The van der Waals surface area contributed by atoms with E-state index in [9.17, 15) is 4.39 Å². The Hall–Kier alpha value is -1.07. The van der Waals surface area contributed by atoms with Crippen LogP contribution in [-0.4, -0.2) is 12.3 Å². The summed E-state index contributed by atoms with van der Waals surface area (Å²) in [7, 11) is 1.51. The van der Waals surface area contributed by atoms with Crippen molar-refractivity contribution < 1.29 is 13.7 Å². The fraction of sp³-hybridized carbons (Fsp3) is 0.182. The second-order valence-electron chi connectivity index (χ2n) is 3.25. The Morgan fingerprint density at radius 2 is 2.29 bits per heavy atom. The molecule has 1 heterocycles. The first-order chi connectivity index (χ1) is 8.17. The van der Waals surface area contributed by atoms with Crippen molar-refractivity contribution in [3.8, 4) is 17.1 Å². The third kappa shape index (κ3) is 2.30. The third-order valence-corrected chi connectivity index (χ3v) is 3.32. The molecule has 0 atom stereocenters. The molecule has 1 aromatic heterocycles. The van der Waals surface area contributed by atoms with Crippen LogP contribution in [0.4, 0.5) is 4.39 Å². The van der Waals surface area contributed by atoms with Crippen molar-refractivity contribution in [2.75, 3.05) is 7.11 Å². The number of hydrogen-bond acceptors (Lipinski definition) is 3. The van der Waals surface area contributed by atoms with Crippen LogP contribution in [0.1, 0.15) is 5.69 Å². The van der Waals surface area contributed by atoms with Gasteiger partial charge in [-0.25, -0.2) is 4.39 Å². The predicted octanol–water partition coefficient (Wildman–Crippen LogP) is 3.99. The lowest BCUT2D eigenvalue weighted by molar-refractivity contribution is 0.410. The van der Waals surface area contributed by atoms with E-state index in [2.05, 4.69) is 21.1 Å². The SMILES string of the molecule is COc1ccc(F)c(-c2onc(CCl)c2Br)c1. The topological polar surface area (TPSA) is 35.3 Å². The molecule has 0 saturated heterocycles. The van der Waals surface area contributed by atoms with Crippen LogP contribution in [0.15, 0.2) is 27.2 Å². The smallest absolute Gasteiger partial charge is 0.184 e. The van der Waals surface area contributed by atoms with Gasteiger partial charge in [0.15, 0.2) is 5.76 Å². The van der Waals surface area contributed by atoms with Gasteiger partial charge in [0.25, 0.3) is 0 Å². The van der Waals surface area contributed by atoms with E-state index < -0.39 is 5.82 Å². The van der Waals surface area contributed by atoms with Crippen molar-refractivity contribution in [1.82, 2.24) is 5.16 Å². The predicted molar refractivity (Wildman–Crippen MR) is 65.7 cm³/mol. The number of methoxy groups -OCH3 is 1. The molecule has 0 spiro atoms. The lowest BCUT2D eigenvalue weighted by Gasteiger charge is -2.03. The second-order valence-corrected chi connectivity index (χ2v) is 4.31. The van der Waals surface area contributed by atoms with Crippen molar-refractivity contribution >= 4 is 27.5 Å². The number of halogens is 3. The zero-order valence-electron chi connectivity index (χ0n) is 8.84. The summed E-state index contributed by atoms with van der Waals surface area (Å²) in [6.45, 7) is 0. The zero-order valence-corrected chi connectivity index (χ0v) is 11.2. The molecule has 90 valence electrons. The molecule has 0 saturated carbocycles. The van der Waals surface area contributed by atoms with E-state index in [0.717, 1.165) is 0 Å². The average Bonchev–Trinajstić information content (AvgIpc) is 2.71. The molecule has 0 aliphatic rings. The molecule has 0 aliphatic heterocycles. The Bertz CT molecular complexity index is 544. The Kier molecular flexibility index (Phi) is 3.69. The van der Waals surface area contributed by atoms with Crippen LogP contribution in [0.25, 0.3) is 11.3 Å². The maximum atomic E-state index is 13.7. The van der Waals surface area contributed by atoms with E-state index in [1.54, 1.807) is 6.07 Å². The zero-order chi connectivity index (χ0) is 12.4. The molecule has 0 aliphatic carbocycles. The molecular formula is C11H8BrClFNO2. The first-order valence-electron chi connectivity index (χ1n) is 4.71. The van der Waals surface area contributed by atoms with Crippen molar-refractivity contribution in [3.05, 3.63) is 34.2 Å². The van der Waals surface area contributed by atoms with Gasteiger partial charge in [-0.2, -0.15) is 0 Å². The van der Waals surface area contributed by atoms with Crippen LogP contribution in [0.5, 0.6) is 5.75 Å². The van der Waals surface area contributed by atoms with Crippen molar-refractivity contribution in [2.24, 2.45) is 0 Å². The lowest BCUT2D eigenvalue weighted by atomic mass is 10.1. The average molecular weight is 321 g/mol. The largest absolute Gasteiger partial charge is 0.497 e. The maximum Gasteiger partial charge on any atom is 0.184 e. The summed E-state index contributed by atoms with van der Waals surface area (Å²) in [5.74, 6) is 0.619. The molecule has 17 heavy (non-hydrogen) atoms.